The van der Waals surface area contributed by atoms with Gasteiger partial charge in [-0.3, -0.25) is 4.79 Å². The summed E-state index contributed by atoms with van der Waals surface area (Å²) in [7, 11) is 0. The van der Waals surface area contributed by atoms with Crippen LogP contribution in [-0.4, -0.2) is 38.5 Å². The third-order valence-corrected chi connectivity index (χ3v) is 6.85. The summed E-state index contributed by atoms with van der Waals surface area (Å²) in [6.45, 7) is 14.9. The van der Waals surface area contributed by atoms with Crippen LogP contribution in [0.5, 0.6) is 0 Å². The number of nitrogens with zero attached hydrogens (tertiary/aromatic N) is 3. The smallest absolute Gasteiger partial charge is 0.247 e. The van der Waals surface area contributed by atoms with Gasteiger partial charge >= 0.3 is 0 Å². The standard InChI is InChI=1S/C24H34N4OS.C4H6O/c1-8-10-13-20-18(9-2)26-22(30-20)19-12-11-15-27(19)23(29)21(17(3)4)28(25)16-14-24(5,6)7;5-3-4-1-2-4/h1,9-10,13-14,16-17,19,21H,2,11-12,15,25H2,3-7H3;3,5H,1-2H2/b13-10-,16-14+;. The highest BCUT2D eigenvalue weighted by molar-refractivity contribution is 7.12. The molecule has 2 aliphatic rings. The molecule has 0 bridgehead atoms. The van der Waals surface area contributed by atoms with Gasteiger partial charge in [0, 0.05) is 12.7 Å². The van der Waals surface area contributed by atoms with E-state index in [0.29, 0.717) is 6.54 Å². The van der Waals surface area contributed by atoms with E-state index in [1.807, 2.05) is 37.1 Å². The number of carbonyl (C=O) groups is 1. The van der Waals surface area contributed by atoms with Crippen molar-refractivity contribution in [2.45, 2.75) is 72.4 Å². The van der Waals surface area contributed by atoms with Crippen LogP contribution < -0.4 is 5.84 Å². The van der Waals surface area contributed by atoms with Gasteiger partial charge in [0.2, 0.25) is 5.91 Å². The molecule has 2 atom stereocenters. The van der Waals surface area contributed by atoms with Crippen molar-refractivity contribution < 1.29 is 9.90 Å². The molecule has 2 fully saturated rings. The summed E-state index contributed by atoms with van der Waals surface area (Å²) in [5, 5.41) is 10.5. The highest BCUT2D eigenvalue weighted by Crippen LogP contribution is 2.37. The van der Waals surface area contributed by atoms with Crippen LogP contribution in [0, 0.1) is 23.7 Å². The lowest BCUT2D eigenvalue weighted by Crippen LogP contribution is -2.52. The van der Waals surface area contributed by atoms with Crippen LogP contribution in [0.3, 0.4) is 0 Å². The number of amides is 1. The maximum Gasteiger partial charge on any atom is 0.247 e. The number of aliphatic hydroxyl groups is 1. The number of aliphatic hydroxyl groups excluding tert-OH is 1. The average molecular weight is 497 g/mol. The van der Waals surface area contributed by atoms with Crippen LogP contribution in [0.1, 0.15) is 81.9 Å². The van der Waals surface area contributed by atoms with Crippen molar-refractivity contribution in [2.75, 3.05) is 6.54 Å². The predicted molar refractivity (Wildman–Crippen MR) is 147 cm³/mol. The average Bonchev–Trinajstić information content (AvgIpc) is 3.36. The van der Waals surface area contributed by atoms with E-state index in [9.17, 15) is 4.79 Å². The highest BCUT2D eigenvalue weighted by atomic mass is 32.1. The number of hydrogen-bond acceptors (Lipinski definition) is 6. The predicted octanol–water partition coefficient (Wildman–Crippen LogP) is 6.08. The molecule has 1 saturated heterocycles. The highest BCUT2D eigenvalue weighted by Gasteiger charge is 2.38. The summed E-state index contributed by atoms with van der Waals surface area (Å²) < 4.78 is 0. The monoisotopic (exact) mass is 496 g/mol. The number of allylic oxidation sites excluding steroid dienone is 3. The Morgan fingerprint density at radius 3 is 2.57 bits per heavy atom. The molecule has 1 aromatic rings. The maximum atomic E-state index is 13.6. The summed E-state index contributed by atoms with van der Waals surface area (Å²) in [6, 6.07) is -0.473. The molecule has 3 rings (SSSR count). The number of thiazole rings is 1. The lowest BCUT2D eigenvalue weighted by molar-refractivity contribution is -0.138. The number of aromatic nitrogens is 1. The number of rotatable bonds is 7. The summed E-state index contributed by atoms with van der Waals surface area (Å²) in [6.07, 6.45) is 19.7. The number of carbonyl (C=O) groups excluding carboxylic acids is 1. The van der Waals surface area contributed by atoms with E-state index in [2.05, 4.69) is 33.3 Å². The normalized spacial score (nSPS) is 18.4. The molecule has 1 aliphatic carbocycles. The number of nitrogens with two attached hydrogens (primary N) is 1. The van der Waals surface area contributed by atoms with Crippen LogP contribution in [0.4, 0.5) is 0 Å². The second kappa shape index (κ2) is 12.8. The number of terminal acetylenes is 1. The number of hydrogen-bond donors (Lipinski definition) is 2. The SMILES string of the molecule is C#C/C=C\c1sc(C2CCCN2C(=O)C(C(C)C)N(N)/C=C/C(C)(C)C)nc1C=C.OC=C1CC1. The lowest BCUT2D eigenvalue weighted by atomic mass is 9.96. The Morgan fingerprint density at radius 1 is 1.40 bits per heavy atom. The maximum absolute atomic E-state index is 13.6. The first-order valence-electron chi connectivity index (χ1n) is 12.1. The Hall–Kier alpha value is -2.82. The Bertz CT molecular complexity index is 1000. The topological polar surface area (TPSA) is 82.7 Å². The minimum Gasteiger partial charge on any atom is -0.516 e. The van der Waals surface area contributed by atoms with E-state index in [1.165, 1.54) is 11.8 Å². The molecule has 1 aromatic heterocycles. The largest absolute Gasteiger partial charge is 0.516 e. The summed E-state index contributed by atoms with van der Waals surface area (Å²) in [4.78, 5) is 21.2. The van der Waals surface area contributed by atoms with E-state index in [0.717, 1.165) is 41.3 Å². The molecule has 1 aliphatic heterocycles. The van der Waals surface area contributed by atoms with Crippen molar-refractivity contribution in [3.05, 3.63) is 52.3 Å². The van der Waals surface area contributed by atoms with Crippen LogP contribution in [0.15, 0.2) is 36.8 Å². The van der Waals surface area contributed by atoms with Crippen molar-refractivity contribution in [3.8, 4) is 12.3 Å². The second-order valence-corrected chi connectivity index (χ2v) is 11.4. The fraction of sp³-hybridized carbons (Fsp3) is 0.500. The van der Waals surface area contributed by atoms with Gasteiger partial charge in [0.15, 0.2) is 0 Å². The molecular weight excluding hydrogens is 456 g/mol. The number of likely N-dealkylation sites (tertiary alicyclic amines) is 1. The van der Waals surface area contributed by atoms with Crippen LogP contribution in [0.2, 0.25) is 0 Å². The molecular formula is C28H40N4O2S. The van der Waals surface area contributed by atoms with Crippen LogP contribution in [-0.2, 0) is 4.79 Å². The van der Waals surface area contributed by atoms with Gasteiger partial charge in [-0.25, -0.2) is 10.8 Å². The van der Waals surface area contributed by atoms with Gasteiger partial charge in [-0.2, -0.15) is 0 Å². The quantitative estimate of drug-likeness (QED) is 0.207. The zero-order valence-electron chi connectivity index (χ0n) is 21.7. The molecule has 0 radical (unpaired) electrons. The van der Waals surface area contributed by atoms with Crippen molar-refractivity contribution in [2.24, 2.45) is 17.2 Å². The molecule has 1 saturated carbocycles. The van der Waals surface area contributed by atoms with Gasteiger partial charge in [-0.15, -0.1) is 17.8 Å². The Morgan fingerprint density at radius 2 is 2.09 bits per heavy atom. The molecule has 3 N–H and O–H groups in total. The molecule has 2 heterocycles. The summed E-state index contributed by atoms with van der Waals surface area (Å²) >= 11 is 1.57. The molecule has 190 valence electrons. The molecule has 2 unspecified atom stereocenters. The number of hydrazine groups is 1. The fourth-order valence-corrected chi connectivity index (χ4v) is 4.83. The molecule has 7 heteroatoms. The first-order valence-corrected chi connectivity index (χ1v) is 12.9. The van der Waals surface area contributed by atoms with Gasteiger partial charge in [0.1, 0.15) is 11.0 Å². The zero-order valence-corrected chi connectivity index (χ0v) is 22.5. The van der Waals surface area contributed by atoms with E-state index in [1.54, 1.807) is 28.5 Å². The molecule has 0 spiro atoms. The van der Waals surface area contributed by atoms with Crippen LogP contribution >= 0.6 is 11.3 Å². The lowest BCUT2D eigenvalue weighted by Gasteiger charge is -2.34. The minimum absolute atomic E-state index is 0.0113. The van der Waals surface area contributed by atoms with E-state index in [-0.39, 0.29) is 23.3 Å². The molecule has 0 aromatic carbocycles. The minimum atomic E-state index is -0.427. The molecule has 35 heavy (non-hydrogen) atoms. The summed E-state index contributed by atoms with van der Waals surface area (Å²) in [5.74, 6) is 8.96. The van der Waals surface area contributed by atoms with Crippen molar-refractivity contribution in [1.29, 1.82) is 0 Å². The Kier molecular flexibility index (Phi) is 10.4. The second-order valence-electron chi connectivity index (χ2n) is 10.3. The summed E-state index contributed by atoms with van der Waals surface area (Å²) in [5.41, 5.74) is 1.97. The van der Waals surface area contributed by atoms with E-state index in [4.69, 9.17) is 22.4 Å². The van der Waals surface area contributed by atoms with Crippen molar-refractivity contribution in [1.82, 2.24) is 14.9 Å². The Labute approximate surface area is 214 Å². The van der Waals surface area contributed by atoms with Gasteiger partial charge in [0.05, 0.1) is 22.9 Å². The van der Waals surface area contributed by atoms with Crippen molar-refractivity contribution >= 4 is 29.4 Å². The van der Waals surface area contributed by atoms with Crippen molar-refractivity contribution in [3.63, 3.8) is 0 Å². The Balaban J connectivity index is 0.000000764. The fourth-order valence-electron chi connectivity index (χ4n) is 3.71. The first kappa shape index (κ1) is 28.4. The molecule has 6 nitrogen and oxygen atoms in total. The zero-order chi connectivity index (χ0) is 26.2. The van der Waals surface area contributed by atoms with Gasteiger partial charge in [-0.1, -0.05) is 53.2 Å². The van der Waals surface area contributed by atoms with E-state index >= 15 is 0 Å². The third kappa shape index (κ3) is 8.41. The van der Waals surface area contributed by atoms with Gasteiger partial charge in [-0.05, 0) is 60.8 Å². The van der Waals surface area contributed by atoms with Gasteiger partial charge < -0.3 is 15.0 Å². The molecule has 1 amide bonds. The van der Waals surface area contributed by atoms with E-state index < -0.39 is 6.04 Å². The first-order chi connectivity index (χ1) is 16.5. The van der Waals surface area contributed by atoms with Crippen LogP contribution in [0.25, 0.3) is 12.2 Å². The third-order valence-electron chi connectivity index (χ3n) is 5.72. The van der Waals surface area contributed by atoms with Gasteiger partial charge in [0.25, 0.3) is 0 Å².